The quantitative estimate of drug-likeness (QED) is 0.428. The molecule has 0 saturated carbocycles. The lowest BCUT2D eigenvalue weighted by atomic mass is 9.92. The van der Waals surface area contributed by atoms with Crippen molar-refractivity contribution in [1.29, 1.82) is 0 Å². The third-order valence-electron chi connectivity index (χ3n) is 5.63. The van der Waals surface area contributed by atoms with Gasteiger partial charge >= 0.3 is 0 Å². The van der Waals surface area contributed by atoms with Gasteiger partial charge in [-0.3, -0.25) is 9.59 Å². The first-order valence-corrected chi connectivity index (χ1v) is 10.8. The predicted octanol–water partition coefficient (Wildman–Crippen LogP) is 1.21. The maximum Gasteiger partial charge on any atom is 0.251 e. The zero-order valence-electron chi connectivity index (χ0n) is 18.7. The van der Waals surface area contributed by atoms with Crippen LogP contribution in [-0.2, 0) is 11.2 Å². The van der Waals surface area contributed by atoms with Crippen molar-refractivity contribution in [2.45, 2.75) is 37.3 Å². The Kier molecular flexibility index (Phi) is 8.35. The standard InChI is InChI=1S/C25H30N2O6/c1-26-24(31)18-10-16(11-19(12-18)25(32)27-2)7-3-5-15-6-4-8-17(9-15)23-22(30)21(29)13-20(14-28)33-23/h3-4,6-12,20-23,28-30H,5,13-14H2,1-2H3,(H,26,31)(H,27,32)/b7-3+/t20?,21?,22?,23-/m1/s1. The summed E-state index contributed by atoms with van der Waals surface area (Å²) in [5.41, 5.74) is 3.16. The summed E-state index contributed by atoms with van der Waals surface area (Å²) in [4.78, 5) is 24.1. The molecule has 1 saturated heterocycles. The van der Waals surface area contributed by atoms with Gasteiger partial charge in [0.1, 0.15) is 12.2 Å². The van der Waals surface area contributed by atoms with Gasteiger partial charge in [0.15, 0.2) is 0 Å². The highest BCUT2D eigenvalue weighted by atomic mass is 16.5. The molecule has 2 aromatic rings. The second-order valence-corrected chi connectivity index (χ2v) is 8.01. The molecular formula is C25H30N2O6. The summed E-state index contributed by atoms with van der Waals surface area (Å²) in [5, 5.41) is 35.0. The molecule has 8 heteroatoms. The Morgan fingerprint density at radius 3 is 2.33 bits per heavy atom. The molecule has 8 nitrogen and oxygen atoms in total. The molecule has 0 bridgehead atoms. The van der Waals surface area contributed by atoms with Crippen molar-refractivity contribution in [3.63, 3.8) is 0 Å². The third-order valence-corrected chi connectivity index (χ3v) is 5.63. The molecule has 176 valence electrons. The Labute approximate surface area is 192 Å². The first-order valence-electron chi connectivity index (χ1n) is 10.8. The van der Waals surface area contributed by atoms with Crippen LogP contribution in [0.1, 0.15) is 49.9 Å². The van der Waals surface area contributed by atoms with Crippen LogP contribution in [0.2, 0.25) is 0 Å². The molecule has 2 amide bonds. The first kappa shape index (κ1) is 24.6. The lowest BCUT2D eigenvalue weighted by molar-refractivity contribution is -0.179. The minimum Gasteiger partial charge on any atom is -0.394 e. The summed E-state index contributed by atoms with van der Waals surface area (Å²) >= 11 is 0. The zero-order chi connectivity index (χ0) is 24.0. The monoisotopic (exact) mass is 454 g/mol. The van der Waals surface area contributed by atoms with Gasteiger partial charge in [-0.2, -0.15) is 0 Å². The Morgan fingerprint density at radius 2 is 1.73 bits per heavy atom. The van der Waals surface area contributed by atoms with Gasteiger partial charge in [-0.15, -0.1) is 0 Å². The number of rotatable bonds is 7. The molecule has 0 radical (unpaired) electrons. The molecule has 3 rings (SSSR count). The molecule has 33 heavy (non-hydrogen) atoms. The van der Waals surface area contributed by atoms with Crippen LogP contribution in [0.3, 0.4) is 0 Å². The molecule has 2 aromatic carbocycles. The molecule has 1 aliphatic heterocycles. The highest BCUT2D eigenvalue weighted by Crippen LogP contribution is 2.32. The van der Waals surface area contributed by atoms with E-state index in [4.69, 9.17) is 4.74 Å². The number of carbonyl (C=O) groups excluding carboxylic acids is 2. The van der Waals surface area contributed by atoms with Crippen LogP contribution in [0, 0.1) is 0 Å². The Morgan fingerprint density at radius 1 is 1.06 bits per heavy atom. The molecule has 5 N–H and O–H groups in total. The number of ether oxygens (including phenoxy) is 1. The molecule has 4 atom stereocenters. The number of carbonyl (C=O) groups is 2. The summed E-state index contributed by atoms with van der Waals surface area (Å²) in [6.07, 6.45) is 1.20. The molecule has 0 aromatic heterocycles. The molecule has 0 spiro atoms. The number of hydrogen-bond acceptors (Lipinski definition) is 6. The number of allylic oxidation sites excluding steroid dienone is 1. The van der Waals surface area contributed by atoms with Crippen LogP contribution in [0.25, 0.3) is 6.08 Å². The average molecular weight is 455 g/mol. The maximum absolute atomic E-state index is 12.1. The van der Waals surface area contributed by atoms with E-state index in [1.807, 2.05) is 36.4 Å². The van der Waals surface area contributed by atoms with Crippen LogP contribution in [-0.4, -0.2) is 66.1 Å². The fourth-order valence-electron chi connectivity index (χ4n) is 3.87. The summed E-state index contributed by atoms with van der Waals surface area (Å²) in [6.45, 7) is -0.226. The van der Waals surface area contributed by atoms with Crippen LogP contribution in [0.15, 0.2) is 48.5 Å². The molecule has 1 heterocycles. The number of amides is 2. The Hall–Kier alpha value is -3.04. The van der Waals surface area contributed by atoms with Crippen molar-refractivity contribution in [3.05, 3.63) is 76.4 Å². The smallest absolute Gasteiger partial charge is 0.251 e. The van der Waals surface area contributed by atoms with Crippen LogP contribution in [0.4, 0.5) is 0 Å². The highest BCUT2D eigenvalue weighted by Gasteiger charge is 2.37. The first-order chi connectivity index (χ1) is 15.9. The number of aliphatic hydroxyl groups is 3. The van der Waals surface area contributed by atoms with Crippen LogP contribution < -0.4 is 10.6 Å². The van der Waals surface area contributed by atoms with E-state index in [0.717, 1.165) is 5.56 Å². The van der Waals surface area contributed by atoms with Gasteiger partial charge in [0, 0.05) is 31.6 Å². The normalized spacial score (nSPS) is 22.8. The van der Waals surface area contributed by atoms with E-state index in [0.29, 0.717) is 28.7 Å². The maximum atomic E-state index is 12.1. The molecule has 0 aliphatic carbocycles. The summed E-state index contributed by atoms with van der Waals surface area (Å²) in [7, 11) is 3.07. The number of nitrogens with one attached hydrogen (secondary N) is 2. The van der Waals surface area contributed by atoms with Crippen molar-refractivity contribution in [2.75, 3.05) is 20.7 Å². The van der Waals surface area contributed by atoms with Crippen molar-refractivity contribution in [3.8, 4) is 0 Å². The fraction of sp³-hybridized carbons (Fsp3) is 0.360. The average Bonchev–Trinajstić information content (AvgIpc) is 2.84. The van der Waals surface area contributed by atoms with Gasteiger partial charge in [0.25, 0.3) is 11.8 Å². The molecule has 3 unspecified atom stereocenters. The van der Waals surface area contributed by atoms with E-state index < -0.39 is 24.4 Å². The van der Waals surface area contributed by atoms with Crippen molar-refractivity contribution < 1.29 is 29.6 Å². The second kappa shape index (κ2) is 11.2. The van der Waals surface area contributed by atoms with Gasteiger partial charge in [-0.1, -0.05) is 36.4 Å². The van der Waals surface area contributed by atoms with E-state index in [1.165, 1.54) is 14.1 Å². The largest absolute Gasteiger partial charge is 0.394 e. The van der Waals surface area contributed by atoms with Crippen molar-refractivity contribution >= 4 is 17.9 Å². The minimum absolute atomic E-state index is 0.184. The van der Waals surface area contributed by atoms with Gasteiger partial charge in [0.2, 0.25) is 0 Å². The number of hydrogen-bond donors (Lipinski definition) is 5. The minimum atomic E-state index is -1.07. The van der Waals surface area contributed by atoms with E-state index in [1.54, 1.807) is 18.2 Å². The lowest BCUT2D eigenvalue weighted by Crippen LogP contribution is -2.44. The van der Waals surface area contributed by atoms with Gasteiger partial charge in [-0.25, -0.2) is 0 Å². The molecular weight excluding hydrogens is 424 g/mol. The fourth-order valence-corrected chi connectivity index (χ4v) is 3.87. The predicted molar refractivity (Wildman–Crippen MR) is 124 cm³/mol. The number of aliphatic hydroxyl groups excluding tert-OH is 3. The topological polar surface area (TPSA) is 128 Å². The third kappa shape index (κ3) is 6.06. The summed E-state index contributed by atoms with van der Waals surface area (Å²) in [5.74, 6) is -0.560. The van der Waals surface area contributed by atoms with Gasteiger partial charge in [-0.05, 0) is 41.3 Å². The van der Waals surface area contributed by atoms with Gasteiger partial charge in [0.05, 0.1) is 18.8 Å². The highest BCUT2D eigenvalue weighted by molar-refractivity contribution is 6.00. The molecule has 1 aliphatic rings. The Bertz CT molecular complexity index is 987. The Balaban J connectivity index is 1.78. The second-order valence-electron chi connectivity index (χ2n) is 8.01. The summed E-state index contributed by atoms with van der Waals surface area (Å²) < 4.78 is 5.77. The zero-order valence-corrected chi connectivity index (χ0v) is 18.7. The summed E-state index contributed by atoms with van der Waals surface area (Å²) in [6, 6.07) is 12.4. The van der Waals surface area contributed by atoms with E-state index in [2.05, 4.69) is 10.6 Å². The van der Waals surface area contributed by atoms with Crippen LogP contribution in [0.5, 0.6) is 0 Å². The van der Waals surface area contributed by atoms with E-state index in [-0.39, 0.29) is 24.8 Å². The van der Waals surface area contributed by atoms with E-state index >= 15 is 0 Å². The SMILES string of the molecule is CNC(=O)c1cc(/C=C/Cc2cccc([C@H]3OC(CO)CC(O)C3O)c2)cc(C(=O)NC)c1. The molecule has 1 fully saturated rings. The van der Waals surface area contributed by atoms with Crippen molar-refractivity contribution in [2.24, 2.45) is 0 Å². The van der Waals surface area contributed by atoms with Crippen LogP contribution >= 0.6 is 0 Å². The van der Waals surface area contributed by atoms with Crippen molar-refractivity contribution in [1.82, 2.24) is 10.6 Å². The van der Waals surface area contributed by atoms with E-state index in [9.17, 15) is 24.9 Å². The van der Waals surface area contributed by atoms with Gasteiger partial charge < -0.3 is 30.7 Å². The lowest BCUT2D eigenvalue weighted by Gasteiger charge is -2.37. The number of benzene rings is 2.